The molecule has 1 N–H and O–H groups in total. The molecule has 1 saturated heterocycles. The van der Waals surface area contributed by atoms with E-state index in [4.69, 9.17) is 4.42 Å². The van der Waals surface area contributed by atoms with Crippen molar-refractivity contribution in [2.24, 2.45) is 5.92 Å². The first-order chi connectivity index (χ1) is 8.95. The molecule has 3 heteroatoms. The summed E-state index contributed by atoms with van der Waals surface area (Å²) in [6.45, 7) is 4.60. The lowest BCUT2D eigenvalue weighted by molar-refractivity contribution is 0.103. The minimum atomic E-state index is 0.589. The van der Waals surface area contributed by atoms with Crippen LogP contribution in [0, 0.1) is 5.92 Å². The highest BCUT2D eigenvalue weighted by Crippen LogP contribution is 2.38. The first-order valence-electron chi connectivity index (χ1n) is 7.42. The van der Waals surface area contributed by atoms with Crippen molar-refractivity contribution in [3.63, 3.8) is 0 Å². The van der Waals surface area contributed by atoms with Crippen molar-refractivity contribution >= 4 is 0 Å². The van der Waals surface area contributed by atoms with Crippen LogP contribution < -0.4 is 5.32 Å². The lowest BCUT2D eigenvalue weighted by atomic mass is 9.81. The molecule has 18 heavy (non-hydrogen) atoms. The van der Waals surface area contributed by atoms with Crippen molar-refractivity contribution in [3.8, 4) is 0 Å². The van der Waals surface area contributed by atoms with E-state index in [1.54, 1.807) is 0 Å². The van der Waals surface area contributed by atoms with E-state index in [1.807, 2.05) is 12.5 Å². The molecule has 2 heterocycles. The number of nitrogens with zero attached hydrogens (tertiary/aromatic N) is 1. The summed E-state index contributed by atoms with van der Waals surface area (Å²) in [5, 5.41) is 3.45. The Hall–Kier alpha value is -0.800. The van der Waals surface area contributed by atoms with E-state index < -0.39 is 0 Å². The van der Waals surface area contributed by atoms with Gasteiger partial charge in [-0.2, -0.15) is 0 Å². The van der Waals surface area contributed by atoms with Gasteiger partial charge in [0.15, 0.2) is 0 Å². The number of nitrogens with one attached hydrogen (secondary N) is 1. The molecule has 0 spiro atoms. The maximum Gasteiger partial charge on any atom is 0.0950 e. The highest BCUT2D eigenvalue weighted by Gasteiger charge is 2.31. The Bertz CT molecular complexity index is 319. The summed E-state index contributed by atoms with van der Waals surface area (Å²) in [5.41, 5.74) is 1.39. The van der Waals surface area contributed by atoms with Gasteiger partial charge in [-0.1, -0.05) is 19.3 Å². The van der Waals surface area contributed by atoms with Crippen LogP contribution in [0.15, 0.2) is 23.0 Å². The van der Waals surface area contributed by atoms with E-state index in [2.05, 4.69) is 16.3 Å². The minimum absolute atomic E-state index is 0.589. The Morgan fingerprint density at radius 1 is 1.17 bits per heavy atom. The van der Waals surface area contributed by atoms with Crippen LogP contribution in [0.5, 0.6) is 0 Å². The van der Waals surface area contributed by atoms with Crippen LogP contribution in [0.1, 0.15) is 43.7 Å². The Kier molecular flexibility index (Phi) is 4.01. The normalized spacial score (nSPS) is 25.1. The fourth-order valence-electron chi connectivity index (χ4n) is 3.63. The molecule has 0 amide bonds. The Morgan fingerprint density at radius 2 is 1.94 bits per heavy atom. The van der Waals surface area contributed by atoms with Crippen LogP contribution in [0.3, 0.4) is 0 Å². The third kappa shape index (κ3) is 2.62. The van der Waals surface area contributed by atoms with E-state index >= 15 is 0 Å². The highest BCUT2D eigenvalue weighted by atomic mass is 16.3. The van der Waals surface area contributed by atoms with Crippen LogP contribution in [0.2, 0.25) is 0 Å². The average Bonchev–Trinajstić information content (AvgIpc) is 2.95. The lowest BCUT2D eigenvalue weighted by Crippen LogP contribution is -2.47. The summed E-state index contributed by atoms with van der Waals surface area (Å²) >= 11 is 0. The van der Waals surface area contributed by atoms with E-state index in [9.17, 15) is 0 Å². The molecule has 100 valence electrons. The van der Waals surface area contributed by atoms with Crippen molar-refractivity contribution in [1.82, 2.24) is 10.2 Å². The third-order valence-corrected chi connectivity index (χ3v) is 4.53. The minimum Gasteiger partial charge on any atom is -0.472 e. The molecule has 0 radical (unpaired) electrons. The van der Waals surface area contributed by atoms with Crippen molar-refractivity contribution in [3.05, 3.63) is 24.2 Å². The first-order valence-corrected chi connectivity index (χ1v) is 7.42. The molecule has 0 unspecified atom stereocenters. The highest BCUT2D eigenvalue weighted by molar-refractivity contribution is 5.14. The van der Waals surface area contributed by atoms with Crippen LogP contribution >= 0.6 is 0 Å². The number of hydrogen-bond acceptors (Lipinski definition) is 3. The van der Waals surface area contributed by atoms with E-state index in [1.165, 1.54) is 50.8 Å². The van der Waals surface area contributed by atoms with Crippen LogP contribution in [-0.4, -0.2) is 31.1 Å². The van der Waals surface area contributed by atoms with Crippen LogP contribution in [-0.2, 0) is 0 Å². The molecule has 0 bridgehead atoms. The molecule has 3 rings (SSSR count). The zero-order valence-electron chi connectivity index (χ0n) is 11.1. The van der Waals surface area contributed by atoms with Gasteiger partial charge >= 0.3 is 0 Å². The SMILES string of the molecule is c1cc([C@H](C2CCCCC2)N2CCNCC2)co1. The lowest BCUT2D eigenvalue weighted by Gasteiger charge is -2.40. The van der Waals surface area contributed by atoms with Gasteiger partial charge in [-0.25, -0.2) is 0 Å². The van der Waals surface area contributed by atoms with Crippen molar-refractivity contribution in [2.75, 3.05) is 26.2 Å². The van der Waals surface area contributed by atoms with Gasteiger partial charge in [0, 0.05) is 37.8 Å². The second-order valence-electron chi connectivity index (χ2n) is 5.69. The molecule has 0 aromatic carbocycles. The second kappa shape index (κ2) is 5.89. The number of piperazine rings is 1. The van der Waals surface area contributed by atoms with Gasteiger partial charge in [0.2, 0.25) is 0 Å². The Balaban J connectivity index is 1.78. The number of rotatable bonds is 3. The standard InChI is InChI=1S/C15H24N2O/c1-2-4-13(5-3-1)15(14-6-11-18-12-14)17-9-7-16-8-10-17/h6,11-13,15-16H,1-5,7-10H2/t15-/m0/s1. The molecule has 1 aliphatic carbocycles. The topological polar surface area (TPSA) is 28.4 Å². The smallest absolute Gasteiger partial charge is 0.0950 e. The van der Waals surface area contributed by atoms with Gasteiger partial charge in [-0.3, -0.25) is 4.90 Å². The molecule has 2 fully saturated rings. The maximum absolute atomic E-state index is 5.33. The zero-order chi connectivity index (χ0) is 12.2. The fraction of sp³-hybridized carbons (Fsp3) is 0.733. The molecular formula is C15H24N2O. The average molecular weight is 248 g/mol. The largest absolute Gasteiger partial charge is 0.472 e. The van der Waals surface area contributed by atoms with Crippen molar-refractivity contribution < 1.29 is 4.42 Å². The summed E-state index contributed by atoms with van der Waals surface area (Å²) in [7, 11) is 0. The summed E-state index contributed by atoms with van der Waals surface area (Å²) < 4.78 is 5.33. The summed E-state index contributed by atoms with van der Waals surface area (Å²) in [6.07, 6.45) is 10.8. The number of furan rings is 1. The molecule has 1 saturated carbocycles. The Labute approximate surface area is 110 Å². The molecule has 3 nitrogen and oxygen atoms in total. The van der Waals surface area contributed by atoms with Gasteiger partial charge < -0.3 is 9.73 Å². The van der Waals surface area contributed by atoms with Crippen molar-refractivity contribution in [2.45, 2.75) is 38.1 Å². The third-order valence-electron chi connectivity index (χ3n) is 4.53. The van der Waals surface area contributed by atoms with E-state index in [0.717, 1.165) is 19.0 Å². The molecular weight excluding hydrogens is 224 g/mol. The van der Waals surface area contributed by atoms with Gasteiger partial charge in [0.25, 0.3) is 0 Å². The molecule has 1 aromatic rings. The Morgan fingerprint density at radius 3 is 2.61 bits per heavy atom. The molecule has 2 aliphatic rings. The van der Waals surface area contributed by atoms with E-state index in [-0.39, 0.29) is 0 Å². The van der Waals surface area contributed by atoms with Crippen LogP contribution in [0.25, 0.3) is 0 Å². The van der Waals surface area contributed by atoms with Gasteiger partial charge in [-0.15, -0.1) is 0 Å². The monoisotopic (exact) mass is 248 g/mol. The molecule has 1 aromatic heterocycles. The van der Waals surface area contributed by atoms with Gasteiger partial charge in [0.1, 0.15) is 0 Å². The first kappa shape index (κ1) is 12.2. The predicted octanol–water partition coefficient (Wildman–Crippen LogP) is 2.81. The summed E-state index contributed by atoms with van der Waals surface area (Å²) in [4.78, 5) is 2.66. The van der Waals surface area contributed by atoms with Crippen molar-refractivity contribution in [1.29, 1.82) is 0 Å². The summed E-state index contributed by atoms with van der Waals surface area (Å²) in [6, 6.07) is 2.76. The fourth-order valence-corrected chi connectivity index (χ4v) is 3.63. The summed E-state index contributed by atoms with van der Waals surface area (Å²) in [5.74, 6) is 0.828. The number of hydrogen-bond donors (Lipinski definition) is 1. The maximum atomic E-state index is 5.33. The molecule has 1 atom stereocenters. The quantitative estimate of drug-likeness (QED) is 0.891. The zero-order valence-corrected chi connectivity index (χ0v) is 11.1. The molecule has 1 aliphatic heterocycles. The van der Waals surface area contributed by atoms with Crippen LogP contribution in [0.4, 0.5) is 0 Å². The van der Waals surface area contributed by atoms with E-state index in [0.29, 0.717) is 6.04 Å². The van der Waals surface area contributed by atoms with Gasteiger partial charge in [-0.05, 0) is 24.8 Å². The predicted molar refractivity (Wildman–Crippen MR) is 72.5 cm³/mol. The van der Waals surface area contributed by atoms with Gasteiger partial charge in [0.05, 0.1) is 12.5 Å². The second-order valence-corrected chi connectivity index (χ2v) is 5.69.